The Hall–Kier alpha value is -0.970. The third-order valence-electron chi connectivity index (χ3n) is 4.86. The van der Waals surface area contributed by atoms with Gasteiger partial charge in [-0.3, -0.25) is 0 Å². The molecule has 2 aliphatic rings. The van der Waals surface area contributed by atoms with Crippen molar-refractivity contribution in [1.29, 1.82) is 0 Å². The highest BCUT2D eigenvalue weighted by atomic mass is 15.6. The summed E-state index contributed by atoms with van der Waals surface area (Å²) in [6.07, 6.45) is 8.07. The highest BCUT2D eigenvalue weighted by Crippen LogP contribution is 2.49. The molecule has 5 heteroatoms. The van der Waals surface area contributed by atoms with Gasteiger partial charge in [0.25, 0.3) is 0 Å². The van der Waals surface area contributed by atoms with E-state index in [1.165, 1.54) is 32.1 Å². The van der Waals surface area contributed by atoms with Gasteiger partial charge in [0.2, 0.25) is 0 Å². The second kappa shape index (κ2) is 4.96. The largest absolute Gasteiger partial charge is 0.317 e. The highest BCUT2D eigenvalue weighted by Gasteiger charge is 2.40. The molecular weight excluding hydrogens is 226 g/mol. The molecule has 18 heavy (non-hydrogen) atoms. The first-order chi connectivity index (χ1) is 8.74. The van der Waals surface area contributed by atoms with E-state index in [-0.39, 0.29) is 0 Å². The molecule has 4 unspecified atom stereocenters. The summed E-state index contributed by atoms with van der Waals surface area (Å²) in [5.74, 6) is 3.82. The van der Waals surface area contributed by atoms with Crippen LogP contribution >= 0.6 is 0 Å². The van der Waals surface area contributed by atoms with Crippen molar-refractivity contribution in [2.45, 2.75) is 44.6 Å². The second-order valence-electron chi connectivity index (χ2n) is 6.06. The minimum Gasteiger partial charge on any atom is -0.317 e. The first-order valence-corrected chi connectivity index (χ1v) is 7.14. The SMILES string of the molecule is CNC(Cc1nnn(C)n1)CC1CC2CCC1C2. The number of nitrogens with one attached hydrogen (secondary N) is 1. The van der Waals surface area contributed by atoms with Gasteiger partial charge in [-0.15, -0.1) is 10.2 Å². The number of nitrogens with zero attached hydrogens (tertiary/aromatic N) is 4. The Morgan fingerprint density at radius 2 is 2.28 bits per heavy atom. The minimum absolute atomic E-state index is 0.499. The molecule has 1 heterocycles. The topological polar surface area (TPSA) is 55.6 Å². The molecule has 0 spiro atoms. The summed E-state index contributed by atoms with van der Waals surface area (Å²) in [5, 5.41) is 15.7. The predicted octanol–water partition coefficient (Wildman–Crippen LogP) is 1.17. The third-order valence-corrected chi connectivity index (χ3v) is 4.86. The van der Waals surface area contributed by atoms with Crippen LogP contribution in [0.5, 0.6) is 0 Å². The summed E-state index contributed by atoms with van der Waals surface area (Å²) in [6.45, 7) is 0. The van der Waals surface area contributed by atoms with E-state index in [2.05, 4.69) is 20.7 Å². The van der Waals surface area contributed by atoms with Crippen LogP contribution in [0.3, 0.4) is 0 Å². The Labute approximate surface area is 108 Å². The number of rotatable bonds is 5. The third kappa shape index (κ3) is 2.41. The van der Waals surface area contributed by atoms with Crippen LogP contribution in [-0.2, 0) is 13.5 Å². The Bertz CT molecular complexity index is 402. The van der Waals surface area contributed by atoms with Crippen molar-refractivity contribution in [3.05, 3.63) is 5.82 Å². The van der Waals surface area contributed by atoms with Crippen molar-refractivity contribution >= 4 is 0 Å². The van der Waals surface area contributed by atoms with Crippen LogP contribution in [0.15, 0.2) is 0 Å². The molecule has 1 aromatic heterocycles. The lowest BCUT2D eigenvalue weighted by Gasteiger charge is -2.25. The first kappa shape index (κ1) is 12.1. The number of aryl methyl sites for hydroxylation is 1. The molecule has 5 nitrogen and oxygen atoms in total. The molecule has 0 aliphatic heterocycles. The van der Waals surface area contributed by atoms with E-state index in [1.807, 2.05) is 14.1 Å². The van der Waals surface area contributed by atoms with E-state index in [0.717, 1.165) is 30.0 Å². The molecule has 2 aliphatic carbocycles. The molecule has 100 valence electrons. The summed E-state index contributed by atoms with van der Waals surface area (Å²) in [5.41, 5.74) is 0. The van der Waals surface area contributed by atoms with Gasteiger partial charge >= 0.3 is 0 Å². The maximum atomic E-state index is 4.28. The average molecular weight is 249 g/mol. The van der Waals surface area contributed by atoms with Gasteiger partial charge in [0, 0.05) is 12.5 Å². The molecule has 1 aromatic rings. The summed E-state index contributed by atoms with van der Waals surface area (Å²) >= 11 is 0. The van der Waals surface area contributed by atoms with E-state index in [0.29, 0.717) is 6.04 Å². The minimum atomic E-state index is 0.499. The van der Waals surface area contributed by atoms with E-state index in [1.54, 1.807) is 4.80 Å². The molecule has 3 rings (SSSR count). The molecular formula is C13H23N5. The number of hydrogen-bond acceptors (Lipinski definition) is 4. The van der Waals surface area contributed by atoms with Crippen LogP contribution in [0.1, 0.15) is 37.9 Å². The summed E-state index contributed by atoms with van der Waals surface area (Å²) in [6, 6.07) is 0.499. The van der Waals surface area contributed by atoms with Gasteiger partial charge in [0.1, 0.15) is 0 Å². The fourth-order valence-corrected chi connectivity index (χ4v) is 3.96. The zero-order valence-electron chi connectivity index (χ0n) is 11.3. The predicted molar refractivity (Wildman–Crippen MR) is 68.9 cm³/mol. The van der Waals surface area contributed by atoms with Crippen LogP contribution in [0.2, 0.25) is 0 Å². The van der Waals surface area contributed by atoms with E-state index in [9.17, 15) is 0 Å². The van der Waals surface area contributed by atoms with E-state index < -0.39 is 0 Å². The molecule has 2 fully saturated rings. The normalized spacial score (nSPS) is 32.0. The summed E-state index contributed by atoms with van der Waals surface area (Å²) in [4.78, 5) is 1.54. The van der Waals surface area contributed by atoms with Crippen molar-refractivity contribution in [3.8, 4) is 0 Å². The van der Waals surface area contributed by atoms with Crippen LogP contribution in [0, 0.1) is 17.8 Å². The van der Waals surface area contributed by atoms with E-state index >= 15 is 0 Å². The lowest BCUT2D eigenvalue weighted by molar-refractivity contribution is 0.280. The molecule has 0 radical (unpaired) electrons. The van der Waals surface area contributed by atoms with Crippen molar-refractivity contribution in [1.82, 2.24) is 25.5 Å². The molecule has 0 saturated heterocycles. The Balaban J connectivity index is 1.56. The number of aromatic nitrogens is 4. The van der Waals surface area contributed by atoms with Gasteiger partial charge in [-0.2, -0.15) is 4.80 Å². The number of hydrogen-bond donors (Lipinski definition) is 1. The fourth-order valence-electron chi connectivity index (χ4n) is 3.96. The molecule has 0 aromatic carbocycles. The number of fused-ring (bicyclic) bond motifs is 2. The number of likely N-dealkylation sites (N-methyl/N-ethyl adjacent to an activating group) is 1. The average Bonchev–Trinajstić information content (AvgIpc) is 3.05. The fraction of sp³-hybridized carbons (Fsp3) is 0.923. The van der Waals surface area contributed by atoms with Crippen molar-refractivity contribution < 1.29 is 0 Å². The molecule has 2 bridgehead atoms. The Kier molecular flexibility index (Phi) is 3.33. The van der Waals surface area contributed by atoms with Crippen molar-refractivity contribution in [2.75, 3.05) is 7.05 Å². The van der Waals surface area contributed by atoms with Gasteiger partial charge < -0.3 is 5.32 Å². The van der Waals surface area contributed by atoms with Gasteiger partial charge in [0.05, 0.1) is 7.05 Å². The number of tetrazole rings is 1. The van der Waals surface area contributed by atoms with Gasteiger partial charge in [0.15, 0.2) is 5.82 Å². The first-order valence-electron chi connectivity index (χ1n) is 7.14. The smallest absolute Gasteiger partial charge is 0.176 e. The van der Waals surface area contributed by atoms with Crippen LogP contribution < -0.4 is 5.32 Å². The van der Waals surface area contributed by atoms with Gasteiger partial charge in [-0.25, -0.2) is 0 Å². The van der Waals surface area contributed by atoms with Gasteiger partial charge in [-0.05, 0) is 55.7 Å². The summed E-state index contributed by atoms with van der Waals surface area (Å²) < 4.78 is 0. The quantitative estimate of drug-likeness (QED) is 0.851. The van der Waals surface area contributed by atoms with Crippen molar-refractivity contribution in [2.24, 2.45) is 24.8 Å². The Morgan fingerprint density at radius 1 is 1.39 bits per heavy atom. The Morgan fingerprint density at radius 3 is 2.83 bits per heavy atom. The molecule has 4 atom stereocenters. The van der Waals surface area contributed by atoms with Crippen LogP contribution in [0.4, 0.5) is 0 Å². The van der Waals surface area contributed by atoms with E-state index in [4.69, 9.17) is 0 Å². The lowest BCUT2D eigenvalue weighted by Crippen LogP contribution is -2.32. The zero-order chi connectivity index (χ0) is 12.5. The molecule has 2 saturated carbocycles. The molecule has 0 amide bonds. The highest BCUT2D eigenvalue weighted by molar-refractivity contribution is 4.93. The maximum Gasteiger partial charge on any atom is 0.176 e. The van der Waals surface area contributed by atoms with Gasteiger partial charge in [-0.1, -0.05) is 6.42 Å². The standard InChI is InChI=1S/C13H23N5/c1-14-12(8-13-15-17-18(2)16-13)7-11-6-9-3-4-10(11)5-9/h9-12,14H,3-8H2,1-2H3. The molecule has 1 N–H and O–H groups in total. The van der Waals surface area contributed by atoms with Crippen LogP contribution in [-0.4, -0.2) is 33.3 Å². The second-order valence-corrected chi connectivity index (χ2v) is 6.06. The zero-order valence-corrected chi connectivity index (χ0v) is 11.3. The monoisotopic (exact) mass is 249 g/mol. The van der Waals surface area contributed by atoms with Crippen LogP contribution in [0.25, 0.3) is 0 Å². The lowest BCUT2D eigenvalue weighted by atomic mass is 9.83. The maximum absolute atomic E-state index is 4.28. The van der Waals surface area contributed by atoms with Crippen molar-refractivity contribution in [3.63, 3.8) is 0 Å². The summed E-state index contributed by atoms with van der Waals surface area (Å²) in [7, 11) is 3.87.